The molecule has 0 spiro atoms. The van der Waals surface area contributed by atoms with E-state index in [1.165, 1.54) is 23.1 Å². The first-order valence-corrected chi connectivity index (χ1v) is 5.18. The molecule has 0 atom stereocenters. The first kappa shape index (κ1) is 12.3. The zero-order valence-electron chi connectivity index (χ0n) is 9.61. The molecule has 1 aromatic carbocycles. The van der Waals surface area contributed by atoms with Crippen LogP contribution in [0.15, 0.2) is 36.7 Å². The van der Waals surface area contributed by atoms with Crippen molar-refractivity contribution in [2.24, 2.45) is 5.73 Å². The maximum Gasteiger partial charge on any atom is 0.294 e. The molecule has 0 radical (unpaired) electrons. The molecule has 0 aliphatic carbocycles. The molecule has 1 aromatic heterocycles. The molecule has 0 unspecified atom stereocenters. The van der Waals surface area contributed by atoms with Crippen LogP contribution in [0.25, 0.3) is 5.69 Å². The number of primary amides is 1. The van der Waals surface area contributed by atoms with Crippen molar-refractivity contribution >= 4 is 11.6 Å². The molecular weight excluding hydrogens is 248 g/mol. The zero-order valence-corrected chi connectivity index (χ0v) is 9.61. The van der Waals surface area contributed by atoms with Gasteiger partial charge in [-0.2, -0.15) is 5.10 Å². The molecule has 2 N–H and O–H groups in total. The summed E-state index contributed by atoms with van der Waals surface area (Å²) in [6.45, 7) is 0. The predicted octanol–water partition coefficient (Wildman–Crippen LogP) is 0.617. The fourth-order valence-corrected chi connectivity index (χ4v) is 1.47. The number of rotatable bonds is 2. The topological polar surface area (TPSA) is 104 Å². The zero-order chi connectivity index (χ0) is 13.8. The number of nitro groups is 1. The van der Waals surface area contributed by atoms with Gasteiger partial charge in [0, 0.05) is 18.2 Å². The van der Waals surface area contributed by atoms with E-state index in [-0.39, 0.29) is 5.69 Å². The first-order chi connectivity index (χ1) is 9.08. The molecule has 0 fully saturated rings. The number of amides is 1. The summed E-state index contributed by atoms with van der Waals surface area (Å²) in [4.78, 5) is 20.9. The van der Waals surface area contributed by atoms with E-state index in [0.717, 1.165) is 0 Å². The van der Waals surface area contributed by atoms with Gasteiger partial charge in [0.1, 0.15) is 5.69 Å². The minimum atomic E-state index is -0.751. The molecule has 94 valence electrons. The number of carbonyl (C=O) groups is 1. The van der Waals surface area contributed by atoms with Gasteiger partial charge in [0.15, 0.2) is 0 Å². The highest BCUT2D eigenvalue weighted by molar-refractivity contribution is 5.92. The highest BCUT2D eigenvalue weighted by atomic mass is 16.6. The molecule has 1 heterocycles. The second kappa shape index (κ2) is 5.01. The largest absolute Gasteiger partial charge is 0.359 e. The molecule has 1 amide bonds. The van der Waals surface area contributed by atoms with E-state index in [9.17, 15) is 14.9 Å². The predicted molar refractivity (Wildman–Crippen MR) is 66.3 cm³/mol. The van der Waals surface area contributed by atoms with E-state index >= 15 is 0 Å². The van der Waals surface area contributed by atoms with Crippen LogP contribution in [0.1, 0.15) is 5.56 Å². The summed E-state index contributed by atoms with van der Waals surface area (Å²) in [5.41, 5.74) is 5.58. The van der Waals surface area contributed by atoms with Crippen LogP contribution in [0.3, 0.4) is 0 Å². The van der Waals surface area contributed by atoms with Crippen molar-refractivity contribution in [2.45, 2.75) is 0 Å². The van der Waals surface area contributed by atoms with Gasteiger partial charge in [-0.25, -0.2) is 4.68 Å². The Labute approximate surface area is 107 Å². The van der Waals surface area contributed by atoms with E-state index < -0.39 is 10.8 Å². The van der Waals surface area contributed by atoms with Crippen molar-refractivity contribution in [3.63, 3.8) is 0 Å². The van der Waals surface area contributed by atoms with Crippen LogP contribution in [0.2, 0.25) is 0 Å². The lowest BCUT2D eigenvalue weighted by Crippen LogP contribution is -2.06. The number of nitrogens with zero attached hydrogens (tertiary/aromatic N) is 3. The molecule has 2 rings (SSSR count). The van der Waals surface area contributed by atoms with Crippen LogP contribution in [-0.2, 0) is 4.79 Å². The lowest BCUT2D eigenvalue weighted by molar-refractivity contribution is -0.384. The number of benzene rings is 1. The Bertz CT molecular complexity index is 709. The van der Waals surface area contributed by atoms with Gasteiger partial charge in [-0.3, -0.25) is 14.9 Å². The second-order valence-electron chi connectivity index (χ2n) is 3.53. The van der Waals surface area contributed by atoms with E-state index in [4.69, 9.17) is 5.73 Å². The number of para-hydroxylation sites is 2. The van der Waals surface area contributed by atoms with Crippen LogP contribution >= 0.6 is 0 Å². The van der Waals surface area contributed by atoms with Gasteiger partial charge in [-0.15, -0.1) is 0 Å². The summed E-state index contributed by atoms with van der Waals surface area (Å²) < 4.78 is 1.32. The minimum Gasteiger partial charge on any atom is -0.359 e. The Hall–Kier alpha value is -3.14. The van der Waals surface area contributed by atoms with E-state index in [1.54, 1.807) is 18.2 Å². The van der Waals surface area contributed by atoms with Crippen molar-refractivity contribution in [3.05, 3.63) is 52.3 Å². The average Bonchev–Trinajstić information content (AvgIpc) is 2.85. The van der Waals surface area contributed by atoms with Crippen LogP contribution in [0.5, 0.6) is 0 Å². The summed E-state index contributed by atoms with van der Waals surface area (Å²) >= 11 is 0. The van der Waals surface area contributed by atoms with Crippen LogP contribution in [0.4, 0.5) is 5.69 Å². The molecule has 7 nitrogen and oxygen atoms in total. The molecule has 2 aromatic rings. The molecule has 0 saturated carbocycles. The van der Waals surface area contributed by atoms with Gasteiger partial charge < -0.3 is 5.73 Å². The molecule has 0 bridgehead atoms. The normalized spacial score (nSPS) is 9.47. The minimum absolute atomic E-state index is 0.0694. The number of carbonyl (C=O) groups excluding carboxylic acids is 1. The fraction of sp³-hybridized carbons (Fsp3) is 0. The third-order valence-corrected chi connectivity index (χ3v) is 2.24. The van der Waals surface area contributed by atoms with Crippen molar-refractivity contribution in [1.29, 1.82) is 0 Å². The number of hydrogen-bond acceptors (Lipinski definition) is 4. The molecular formula is C12H8N4O3. The Balaban J connectivity index is 2.42. The average molecular weight is 256 g/mol. The van der Waals surface area contributed by atoms with E-state index in [1.807, 2.05) is 0 Å². The maximum atomic E-state index is 10.9. The Kier molecular flexibility index (Phi) is 3.25. The number of nitro benzene ring substituents is 1. The summed E-state index contributed by atoms with van der Waals surface area (Å²) in [5.74, 6) is 3.92. The van der Waals surface area contributed by atoms with E-state index in [0.29, 0.717) is 11.3 Å². The highest BCUT2D eigenvalue weighted by Crippen LogP contribution is 2.21. The third-order valence-electron chi connectivity index (χ3n) is 2.24. The monoisotopic (exact) mass is 256 g/mol. The summed E-state index contributed by atoms with van der Waals surface area (Å²) in [6, 6.07) is 6.18. The lowest BCUT2D eigenvalue weighted by atomic mass is 10.2. The van der Waals surface area contributed by atoms with Crippen LogP contribution in [0, 0.1) is 22.0 Å². The number of aromatic nitrogens is 2. The standard InChI is InChI=1S/C12H8N4O3/c13-12(17)6-5-9-7-14-15(8-9)10-3-1-2-4-11(10)16(18)19/h1-4,7-8H,(H2,13,17). The Morgan fingerprint density at radius 3 is 2.84 bits per heavy atom. The third kappa shape index (κ3) is 2.76. The van der Waals surface area contributed by atoms with Crippen molar-refractivity contribution in [2.75, 3.05) is 0 Å². The molecule has 0 aliphatic rings. The SMILES string of the molecule is NC(=O)C#Cc1cnn(-c2ccccc2[N+](=O)[O-])c1. The van der Waals surface area contributed by atoms with Gasteiger partial charge in [0.2, 0.25) is 0 Å². The quantitative estimate of drug-likeness (QED) is 0.483. The van der Waals surface area contributed by atoms with Gasteiger partial charge in [0.05, 0.1) is 16.7 Å². The van der Waals surface area contributed by atoms with Gasteiger partial charge in [-0.1, -0.05) is 18.1 Å². The Morgan fingerprint density at radius 1 is 1.42 bits per heavy atom. The lowest BCUT2D eigenvalue weighted by Gasteiger charge is -2.01. The first-order valence-electron chi connectivity index (χ1n) is 5.18. The van der Waals surface area contributed by atoms with E-state index in [2.05, 4.69) is 16.9 Å². The van der Waals surface area contributed by atoms with Crippen LogP contribution in [-0.4, -0.2) is 20.6 Å². The number of hydrogen-bond donors (Lipinski definition) is 1. The molecule has 0 saturated heterocycles. The fourth-order valence-electron chi connectivity index (χ4n) is 1.47. The molecule has 7 heteroatoms. The van der Waals surface area contributed by atoms with Gasteiger partial charge in [0.25, 0.3) is 11.6 Å². The number of nitrogens with two attached hydrogens (primary N) is 1. The summed E-state index contributed by atoms with van der Waals surface area (Å²) in [7, 11) is 0. The highest BCUT2D eigenvalue weighted by Gasteiger charge is 2.14. The molecule has 19 heavy (non-hydrogen) atoms. The Morgan fingerprint density at radius 2 is 2.16 bits per heavy atom. The van der Waals surface area contributed by atoms with Gasteiger partial charge in [-0.05, 0) is 6.07 Å². The molecule has 0 aliphatic heterocycles. The second-order valence-corrected chi connectivity index (χ2v) is 3.53. The van der Waals surface area contributed by atoms with Crippen molar-refractivity contribution < 1.29 is 9.72 Å². The van der Waals surface area contributed by atoms with Gasteiger partial charge >= 0.3 is 0 Å². The van der Waals surface area contributed by atoms with Crippen molar-refractivity contribution in [3.8, 4) is 17.5 Å². The smallest absolute Gasteiger partial charge is 0.294 e. The summed E-state index contributed by atoms with van der Waals surface area (Å²) in [6.07, 6.45) is 2.88. The van der Waals surface area contributed by atoms with Crippen LogP contribution < -0.4 is 5.73 Å². The summed E-state index contributed by atoms with van der Waals surface area (Å²) in [5, 5.41) is 14.9. The van der Waals surface area contributed by atoms with Crippen molar-refractivity contribution in [1.82, 2.24) is 9.78 Å². The maximum absolute atomic E-state index is 10.9.